The molecule has 0 saturated carbocycles. The first-order chi connectivity index (χ1) is 21.4. The van der Waals surface area contributed by atoms with Crippen LogP contribution in [0.2, 0.25) is 0 Å². The molecule has 0 aliphatic heterocycles. The minimum Gasteiger partial charge on any atom is -0.420 e. The number of hydrogen-bond acceptors (Lipinski definition) is 9. The maximum atomic E-state index is 13.5. The Morgan fingerprint density at radius 1 is 0.333 bits per heavy atom. The summed E-state index contributed by atoms with van der Waals surface area (Å²) in [6, 6.07) is 0. The first kappa shape index (κ1) is 37.7. The maximum Gasteiger partial charge on any atom is 0.313 e. The van der Waals surface area contributed by atoms with E-state index < -0.39 is 94.5 Å². The Bertz CT molecular complexity index is 1160. The monoisotopic (exact) mass is 670 g/mol. The zero-order valence-corrected chi connectivity index (χ0v) is 22.9. The molecule has 0 aliphatic rings. The lowest BCUT2D eigenvalue weighted by atomic mass is 10.2. The molecule has 0 amide bonds. The van der Waals surface area contributed by atoms with E-state index in [0.717, 1.165) is 0 Å². The van der Waals surface area contributed by atoms with Crippen molar-refractivity contribution in [2.75, 3.05) is 66.1 Å². The standard InChI is InChI=1S/C26H24F10O9/c27-15-17(29)21(33)25(22(34)18(15)30)44-13(37)1-3-39-5-7-41-9-11-43-12-10-42-8-6-40-4-2-14(38)45-26-23(35)19(31)16(28)20(32)24(26)36/h1-12H2. The summed E-state index contributed by atoms with van der Waals surface area (Å²) in [6.45, 7) is 0.166. The molecule has 0 saturated heterocycles. The van der Waals surface area contributed by atoms with Gasteiger partial charge < -0.3 is 33.2 Å². The number of benzene rings is 2. The van der Waals surface area contributed by atoms with Gasteiger partial charge in [-0.1, -0.05) is 0 Å². The Balaban J connectivity index is 1.41. The zero-order valence-electron chi connectivity index (χ0n) is 22.9. The van der Waals surface area contributed by atoms with Gasteiger partial charge in [-0.15, -0.1) is 0 Å². The van der Waals surface area contributed by atoms with Crippen LogP contribution in [0, 0.1) is 58.2 Å². The van der Waals surface area contributed by atoms with Crippen molar-refractivity contribution in [3.05, 3.63) is 58.2 Å². The summed E-state index contributed by atoms with van der Waals surface area (Å²) in [5, 5.41) is 0. The van der Waals surface area contributed by atoms with Crippen LogP contribution in [0.5, 0.6) is 11.5 Å². The fourth-order valence-electron chi connectivity index (χ4n) is 2.97. The predicted molar refractivity (Wildman–Crippen MR) is 127 cm³/mol. The molecular formula is C26H24F10O9. The lowest BCUT2D eigenvalue weighted by Crippen LogP contribution is -2.17. The highest BCUT2D eigenvalue weighted by Crippen LogP contribution is 2.30. The van der Waals surface area contributed by atoms with Crippen LogP contribution in [0.3, 0.4) is 0 Å². The summed E-state index contributed by atoms with van der Waals surface area (Å²) >= 11 is 0. The topological polar surface area (TPSA) is 98.8 Å². The van der Waals surface area contributed by atoms with Crippen molar-refractivity contribution in [1.29, 1.82) is 0 Å². The number of carbonyl (C=O) groups excluding carboxylic acids is 2. The second-order valence-electron chi connectivity index (χ2n) is 8.31. The van der Waals surface area contributed by atoms with Gasteiger partial charge in [-0.3, -0.25) is 9.59 Å². The van der Waals surface area contributed by atoms with Crippen molar-refractivity contribution in [2.45, 2.75) is 12.8 Å². The fraction of sp³-hybridized carbons (Fsp3) is 0.462. The van der Waals surface area contributed by atoms with Crippen molar-refractivity contribution in [2.24, 2.45) is 0 Å². The van der Waals surface area contributed by atoms with Gasteiger partial charge in [0.2, 0.25) is 69.7 Å². The van der Waals surface area contributed by atoms with Gasteiger partial charge in [0.05, 0.1) is 78.9 Å². The van der Waals surface area contributed by atoms with Gasteiger partial charge in [0.15, 0.2) is 0 Å². The normalized spacial score (nSPS) is 11.2. The fourth-order valence-corrected chi connectivity index (χ4v) is 2.97. The van der Waals surface area contributed by atoms with E-state index >= 15 is 0 Å². The average Bonchev–Trinajstić information content (AvgIpc) is 3.02. The molecule has 0 aromatic heterocycles. The summed E-state index contributed by atoms with van der Waals surface area (Å²) < 4.78 is 167. The maximum absolute atomic E-state index is 13.5. The summed E-state index contributed by atoms with van der Waals surface area (Å²) in [6.07, 6.45) is -1.10. The second-order valence-corrected chi connectivity index (χ2v) is 8.31. The van der Waals surface area contributed by atoms with Crippen LogP contribution in [0.4, 0.5) is 43.9 Å². The van der Waals surface area contributed by atoms with E-state index in [4.69, 9.17) is 23.7 Å². The second kappa shape index (κ2) is 19.1. The molecule has 9 nitrogen and oxygen atoms in total. The van der Waals surface area contributed by atoms with E-state index in [9.17, 15) is 53.5 Å². The Morgan fingerprint density at radius 3 is 0.778 bits per heavy atom. The van der Waals surface area contributed by atoms with Gasteiger partial charge in [-0.2, -0.15) is 17.6 Å². The molecule has 0 aliphatic carbocycles. The molecule has 0 bridgehead atoms. The third-order valence-corrected chi connectivity index (χ3v) is 5.16. The highest BCUT2D eigenvalue weighted by molar-refractivity contribution is 5.73. The van der Waals surface area contributed by atoms with Crippen LogP contribution in [0.25, 0.3) is 0 Å². The Kier molecular flexibility index (Phi) is 16.0. The number of hydrogen-bond donors (Lipinski definition) is 0. The van der Waals surface area contributed by atoms with Crippen LogP contribution < -0.4 is 9.47 Å². The van der Waals surface area contributed by atoms with E-state index in [-0.39, 0.29) is 66.1 Å². The molecule has 0 N–H and O–H groups in total. The van der Waals surface area contributed by atoms with Crippen LogP contribution >= 0.6 is 0 Å². The van der Waals surface area contributed by atoms with Gasteiger partial charge in [0, 0.05) is 0 Å². The van der Waals surface area contributed by atoms with E-state index in [1.807, 2.05) is 0 Å². The number of esters is 2. The summed E-state index contributed by atoms with van der Waals surface area (Å²) in [5.41, 5.74) is 0. The minimum absolute atomic E-state index is 0.00620. The quantitative estimate of drug-likeness (QED) is 0.0506. The molecular weight excluding hydrogens is 646 g/mol. The van der Waals surface area contributed by atoms with Crippen molar-refractivity contribution < 1.29 is 86.7 Å². The Labute approximate surface area is 247 Å². The number of ether oxygens (including phenoxy) is 7. The van der Waals surface area contributed by atoms with Crippen molar-refractivity contribution in [3.63, 3.8) is 0 Å². The zero-order chi connectivity index (χ0) is 33.5. The van der Waals surface area contributed by atoms with E-state index in [2.05, 4.69) is 9.47 Å². The molecule has 2 aromatic rings. The van der Waals surface area contributed by atoms with Crippen molar-refractivity contribution in [1.82, 2.24) is 0 Å². The van der Waals surface area contributed by atoms with Gasteiger partial charge in [0.25, 0.3) is 0 Å². The van der Waals surface area contributed by atoms with Gasteiger partial charge in [-0.05, 0) is 0 Å². The van der Waals surface area contributed by atoms with Crippen LogP contribution in [-0.2, 0) is 33.3 Å². The van der Waals surface area contributed by atoms with E-state index in [1.54, 1.807) is 0 Å². The molecule has 252 valence electrons. The third-order valence-electron chi connectivity index (χ3n) is 5.16. The number of halogens is 10. The molecule has 0 radical (unpaired) electrons. The molecule has 45 heavy (non-hydrogen) atoms. The number of carbonyl (C=O) groups is 2. The molecule has 0 spiro atoms. The average molecular weight is 670 g/mol. The van der Waals surface area contributed by atoms with Crippen LogP contribution in [-0.4, -0.2) is 78.0 Å². The predicted octanol–water partition coefficient (Wildman–Crippen LogP) is 4.45. The summed E-state index contributed by atoms with van der Waals surface area (Å²) in [7, 11) is 0. The van der Waals surface area contributed by atoms with E-state index in [0.29, 0.717) is 0 Å². The Hall–Kier alpha value is -3.52. The highest BCUT2D eigenvalue weighted by atomic mass is 19.2. The SMILES string of the molecule is O=C(CCOCCOCCOCCOCCOCCC(=O)Oc1c(F)c(F)c(F)c(F)c1F)Oc1c(F)c(F)c(F)c(F)c1F. The smallest absolute Gasteiger partial charge is 0.313 e. The summed E-state index contributed by atoms with van der Waals surface area (Å²) in [5.74, 6) is -28.9. The summed E-state index contributed by atoms with van der Waals surface area (Å²) in [4.78, 5) is 23.2. The van der Waals surface area contributed by atoms with Crippen LogP contribution in [0.1, 0.15) is 12.8 Å². The van der Waals surface area contributed by atoms with Crippen LogP contribution in [0.15, 0.2) is 0 Å². The van der Waals surface area contributed by atoms with Gasteiger partial charge in [0.1, 0.15) is 0 Å². The first-order valence-corrected chi connectivity index (χ1v) is 12.7. The highest BCUT2D eigenvalue weighted by Gasteiger charge is 2.29. The molecule has 0 atom stereocenters. The molecule has 0 unspecified atom stereocenters. The van der Waals surface area contributed by atoms with Gasteiger partial charge in [-0.25, -0.2) is 26.3 Å². The Morgan fingerprint density at radius 2 is 0.533 bits per heavy atom. The third kappa shape index (κ3) is 11.4. The lowest BCUT2D eigenvalue weighted by Gasteiger charge is -2.10. The largest absolute Gasteiger partial charge is 0.420 e. The van der Waals surface area contributed by atoms with Crippen molar-refractivity contribution >= 4 is 11.9 Å². The minimum atomic E-state index is -2.39. The lowest BCUT2D eigenvalue weighted by molar-refractivity contribution is -0.137. The van der Waals surface area contributed by atoms with Crippen molar-refractivity contribution in [3.8, 4) is 11.5 Å². The number of rotatable bonds is 20. The molecule has 19 heteroatoms. The first-order valence-electron chi connectivity index (χ1n) is 12.7. The molecule has 2 aromatic carbocycles. The molecule has 0 heterocycles. The molecule has 2 rings (SSSR count). The molecule has 0 fully saturated rings. The van der Waals surface area contributed by atoms with E-state index in [1.165, 1.54) is 0 Å². The van der Waals surface area contributed by atoms with Gasteiger partial charge >= 0.3 is 11.9 Å².